The van der Waals surface area contributed by atoms with Crippen molar-refractivity contribution in [3.05, 3.63) is 35.9 Å². The van der Waals surface area contributed by atoms with Gasteiger partial charge in [-0.05, 0) is 18.9 Å². The van der Waals surface area contributed by atoms with E-state index in [1.165, 1.54) is 0 Å². The summed E-state index contributed by atoms with van der Waals surface area (Å²) in [6, 6.07) is 8.31. The third-order valence-corrected chi connectivity index (χ3v) is 1.30. The Bertz CT molecular complexity index is 259. The van der Waals surface area contributed by atoms with Gasteiger partial charge in [0.25, 0.3) is 0 Å². The lowest BCUT2D eigenvalue weighted by atomic mass is 10.1. The minimum absolute atomic E-state index is 0.390. The molecule has 0 aliphatic heterocycles. The number of hydrogen-bond acceptors (Lipinski definition) is 1. The van der Waals surface area contributed by atoms with Crippen molar-refractivity contribution < 1.29 is 4.19 Å². The second-order valence-corrected chi connectivity index (χ2v) is 2.40. The summed E-state index contributed by atoms with van der Waals surface area (Å²) >= 11 is 0. The standard InChI is InChI=1S/C9H13N/c1-8(10)7-9-5-3-2-4-6-9/h2-6,8H,7,10H2,1H3/i8D/hD2. The molecule has 0 aliphatic rings. The van der Waals surface area contributed by atoms with Crippen LogP contribution in [0.15, 0.2) is 30.3 Å². The highest BCUT2D eigenvalue weighted by Gasteiger charge is 1.94. The highest BCUT2D eigenvalue weighted by Crippen LogP contribution is 2.00. The zero-order chi connectivity index (χ0) is 9.90. The molecule has 0 amide bonds. The Kier molecular flexibility index (Phi) is 1.40. The Hall–Kier alpha value is -0.820. The van der Waals surface area contributed by atoms with Gasteiger partial charge in [0.15, 0.2) is 0 Å². The third kappa shape index (κ3) is 2.19. The van der Waals surface area contributed by atoms with Crippen LogP contribution in [0.2, 0.25) is 2.82 Å². The molecule has 1 atom stereocenters. The van der Waals surface area contributed by atoms with Crippen molar-refractivity contribution in [2.24, 2.45) is 5.72 Å². The average Bonchev–Trinajstić information content (AvgIpc) is 2.05. The molecular weight excluding hydrogens is 122 g/mol. The molecule has 0 saturated carbocycles. The van der Waals surface area contributed by atoms with Crippen molar-refractivity contribution in [1.29, 1.82) is 0 Å². The molecule has 0 aliphatic carbocycles. The first-order valence-corrected chi connectivity index (χ1v) is 3.34. The van der Waals surface area contributed by atoms with Crippen LogP contribution in [0.5, 0.6) is 0 Å². The van der Waals surface area contributed by atoms with Gasteiger partial charge < -0.3 is 5.72 Å². The number of nitrogens with two attached hydrogens (primary N) is 1. The summed E-state index contributed by atoms with van der Waals surface area (Å²) in [5.74, 6) is 0. The zero-order valence-corrected chi connectivity index (χ0v) is 6.04. The fourth-order valence-corrected chi connectivity index (χ4v) is 0.891. The summed E-state index contributed by atoms with van der Waals surface area (Å²) in [6.45, 7) is 1.56. The molecule has 1 rings (SSSR count). The first-order chi connectivity index (χ1) is 6.02. The van der Waals surface area contributed by atoms with Gasteiger partial charge in [0.1, 0.15) is 2.82 Å². The first kappa shape index (κ1) is 4.14. The predicted molar refractivity (Wildman–Crippen MR) is 43.8 cm³/mol. The molecule has 1 unspecified atom stereocenters. The smallest absolute Gasteiger partial charge is 0.119 e. The van der Waals surface area contributed by atoms with E-state index in [4.69, 9.17) is 4.19 Å². The van der Waals surface area contributed by atoms with Crippen molar-refractivity contribution in [2.75, 3.05) is 0 Å². The Balaban J connectivity index is 2.69. The van der Waals surface area contributed by atoms with Crippen molar-refractivity contribution in [3.63, 3.8) is 0 Å². The second kappa shape index (κ2) is 3.37. The van der Waals surface area contributed by atoms with E-state index in [1.807, 2.05) is 30.3 Å². The van der Waals surface area contributed by atoms with Crippen LogP contribution in [0.1, 0.15) is 13.9 Å². The van der Waals surface area contributed by atoms with Crippen LogP contribution in [0, 0.1) is 0 Å². The molecule has 0 radical (unpaired) electrons. The Morgan fingerprint density at radius 2 is 2.30 bits per heavy atom. The van der Waals surface area contributed by atoms with E-state index in [-0.39, 0.29) is 0 Å². The molecule has 1 aromatic rings. The Morgan fingerprint density at radius 1 is 1.60 bits per heavy atom. The van der Waals surface area contributed by atoms with E-state index in [0.29, 0.717) is 12.1 Å². The Morgan fingerprint density at radius 3 is 2.90 bits per heavy atom. The summed E-state index contributed by atoms with van der Waals surface area (Å²) in [5, 5.41) is 0. The average molecular weight is 138 g/mol. The SMILES string of the molecule is [2H]N([2H])C([2H])(C)Cc1ccccc1. The highest BCUT2D eigenvalue weighted by atomic mass is 14.6. The van der Waals surface area contributed by atoms with Crippen molar-refractivity contribution in [1.82, 2.24) is 0 Å². The van der Waals surface area contributed by atoms with Crippen molar-refractivity contribution in [2.45, 2.75) is 19.4 Å². The van der Waals surface area contributed by atoms with E-state index in [2.05, 4.69) is 0 Å². The van der Waals surface area contributed by atoms with Gasteiger partial charge in [-0.15, -0.1) is 0 Å². The molecule has 0 saturated heterocycles. The topological polar surface area (TPSA) is 26.0 Å². The molecule has 10 heavy (non-hydrogen) atoms. The highest BCUT2D eigenvalue weighted by molar-refractivity contribution is 5.15. The van der Waals surface area contributed by atoms with Gasteiger partial charge in [-0.2, -0.15) is 0 Å². The fraction of sp³-hybridized carbons (Fsp3) is 0.333. The molecule has 0 fully saturated rings. The Labute approximate surface area is 66.2 Å². The molecule has 2 N–H and O–H groups in total. The zero-order valence-electron chi connectivity index (χ0n) is 9.04. The van der Waals surface area contributed by atoms with Gasteiger partial charge in [0.05, 0.1) is 0 Å². The van der Waals surface area contributed by atoms with E-state index in [9.17, 15) is 0 Å². The minimum Gasteiger partial charge on any atom is -0.328 e. The normalized spacial score (nSPS) is 20.8. The van der Waals surface area contributed by atoms with Gasteiger partial charge in [-0.25, -0.2) is 0 Å². The minimum atomic E-state index is -1.18. The summed E-state index contributed by atoms with van der Waals surface area (Å²) in [4.78, 5) is 0. The maximum absolute atomic E-state index is 7.67. The van der Waals surface area contributed by atoms with Crippen LogP contribution in [0.3, 0.4) is 0 Å². The number of hydrogen-bond donors (Lipinski definition) is 1. The fourth-order valence-electron chi connectivity index (χ4n) is 0.891. The molecule has 0 heterocycles. The van der Waals surface area contributed by atoms with Crippen molar-refractivity contribution >= 4 is 0 Å². The summed E-state index contributed by atoms with van der Waals surface area (Å²) in [6.07, 6.45) is 0.390. The van der Waals surface area contributed by atoms with E-state index in [1.54, 1.807) is 6.92 Å². The molecule has 0 spiro atoms. The molecule has 0 bridgehead atoms. The van der Waals surface area contributed by atoms with E-state index < -0.39 is 6.02 Å². The molecule has 1 heteroatoms. The second-order valence-electron chi connectivity index (χ2n) is 2.40. The largest absolute Gasteiger partial charge is 0.328 e. The maximum atomic E-state index is 7.67. The lowest BCUT2D eigenvalue weighted by Crippen LogP contribution is -2.17. The van der Waals surface area contributed by atoms with Crippen LogP contribution in [-0.4, -0.2) is 6.02 Å². The number of rotatable bonds is 3. The lowest BCUT2D eigenvalue weighted by Gasteiger charge is -2.02. The van der Waals surface area contributed by atoms with Gasteiger partial charge in [-0.1, -0.05) is 30.3 Å². The quantitative estimate of drug-likeness (QED) is 0.674. The molecule has 0 aromatic heterocycles. The number of benzene rings is 1. The molecule has 1 nitrogen and oxygen atoms in total. The third-order valence-electron chi connectivity index (χ3n) is 1.30. The van der Waals surface area contributed by atoms with Crippen molar-refractivity contribution in [3.8, 4) is 0 Å². The monoisotopic (exact) mass is 138 g/mol. The van der Waals surface area contributed by atoms with Crippen LogP contribution in [-0.2, 0) is 6.42 Å². The van der Waals surface area contributed by atoms with Crippen LogP contribution in [0.25, 0.3) is 0 Å². The lowest BCUT2D eigenvalue weighted by molar-refractivity contribution is 0.738. The van der Waals surface area contributed by atoms with E-state index in [0.717, 1.165) is 5.56 Å². The summed E-state index contributed by atoms with van der Waals surface area (Å²) in [7, 11) is 0. The van der Waals surface area contributed by atoms with Gasteiger partial charge in [0.2, 0.25) is 0 Å². The van der Waals surface area contributed by atoms with Gasteiger partial charge in [-0.3, -0.25) is 0 Å². The predicted octanol–water partition coefficient (Wildman–Crippen LogP) is 1.58. The van der Waals surface area contributed by atoms with Gasteiger partial charge >= 0.3 is 0 Å². The maximum Gasteiger partial charge on any atom is 0.119 e. The van der Waals surface area contributed by atoms with Crippen LogP contribution in [0.4, 0.5) is 0 Å². The molecule has 54 valence electrons. The van der Waals surface area contributed by atoms with Gasteiger partial charge in [0, 0.05) is 7.39 Å². The van der Waals surface area contributed by atoms with Crippen LogP contribution < -0.4 is 5.72 Å². The van der Waals surface area contributed by atoms with E-state index >= 15 is 0 Å². The summed E-state index contributed by atoms with van der Waals surface area (Å²) < 4.78 is 21.8. The molecular formula is C9H13N. The van der Waals surface area contributed by atoms with Crippen LogP contribution >= 0.6 is 0 Å². The first-order valence-electron chi connectivity index (χ1n) is 4.74. The molecule has 1 aromatic carbocycles. The summed E-state index contributed by atoms with van der Waals surface area (Å²) in [5.41, 5.74) is 1.41.